The van der Waals surface area contributed by atoms with Gasteiger partial charge in [-0.05, 0) is 28.7 Å². The van der Waals surface area contributed by atoms with Crippen LogP contribution in [0.3, 0.4) is 0 Å². The van der Waals surface area contributed by atoms with Crippen LogP contribution >= 0.6 is 0 Å². The molecule has 0 radical (unpaired) electrons. The van der Waals surface area contributed by atoms with Crippen LogP contribution in [0.1, 0.15) is 36.5 Å². The number of hydrogen-bond donors (Lipinski definition) is 0. The van der Waals surface area contributed by atoms with Crippen molar-refractivity contribution in [2.75, 3.05) is 26.2 Å². The molecular formula is C23H28N2O3S. The van der Waals surface area contributed by atoms with Crippen LogP contribution < -0.4 is 0 Å². The average molecular weight is 413 g/mol. The van der Waals surface area contributed by atoms with E-state index in [0.717, 1.165) is 11.1 Å². The Morgan fingerprint density at radius 1 is 0.966 bits per heavy atom. The summed E-state index contributed by atoms with van der Waals surface area (Å²) >= 11 is 0. The molecule has 0 saturated carbocycles. The Balaban J connectivity index is 1.53. The maximum Gasteiger partial charge on any atom is 0.246 e. The van der Waals surface area contributed by atoms with E-state index in [0.29, 0.717) is 32.1 Å². The average Bonchev–Trinajstić information content (AvgIpc) is 2.73. The maximum absolute atomic E-state index is 12.6. The molecule has 154 valence electrons. The fourth-order valence-electron chi connectivity index (χ4n) is 3.33. The summed E-state index contributed by atoms with van der Waals surface area (Å²) in [5.74, 6) is 0.385. The van der Waals surface area contributed by atoms with Crippen molar-refractivity contribution in [1.29, 1.82) is 0 Å². The van der Waals surface area contributed by atoms with E-state index in [-0.39, 0.29) is 11.7 Å². The Bertz CT molecular complexity index is 943. The Morgan fingerprint density at radius 2 is 1.59 bits per heavy atom. The van der Waals surface area contributed by atoms with Crippen molar-refractivity contribution < 1.29 is 13.2 Å². The number of sulfonamides is 1. The van der Waals surface area contributed by atoms with Gasteiger partial charge in [-0.2, -0.15) is 4.31 Å². The number of nitrogens with zero attached hydrogens (tertiary/aromatic N) is 2. The summed E-state index contributed by atoms with van der Waals surface area (Å²) in [6.07, 6.45) is 3.38. The normalized spacial score (nSPS) is 15.9. The summed E-state index contributed by atoms with van der Waals surface area (Å²) in [7, 11) is -3.37. The van der Waals surface area contributed by atoms with Gasteiger partial charge in [-0.15, -0.1) is 0 Å². The molecule has 1 fully saturated rings. The maximum atomic E-state index is 12.6. The third-order valence-electron chi connectivity index (χ3n) is 5.16. The number of amides is 1. The lowest BCUT2D eigenvalue weighted by Gasteiger charge is -2.33. The third-order valence-corrected chi connectivity index (χ3v) is 7.01. The summed E-state index contributed by atoms with van der Waals surface area (Å²) in [6, 6.07) is 17.3. The van der Waals surface area contributed by atoms with Crippen molar-refractivity contribution in [2.45, 2.75) is 25.5 Å². The third kappa shape index (κ3) is 5.78. The smallest absolute Gasteiger partial charge is 0.246 e. The predicted molar refractivity (Wildman–Crippen MR) is 117 cm³/mol. The van der Waals surface area contributed by atoms with Crippen LogP contribution in [0.15, 0.2) is 60.7 Å². The molecule has 1 amide bonds. The molecule has 0 aromatic heterocycles. The highest BCUT2D eigenvalue weighted by molar-refractivity contribution is 7.88. The molecule has 0 atom stereocenters. The van der Waals surface area contributed by atoms with E-state index >= 15 is 0 Å². The Labute approximate surface area is 173 Å². The molecule has 1 aliphatic heterocycles. The van der Waals surface area contributed by atoms with E-state index < -0.39 is 10.0 Å². The molecule has 0 unspecified atom stereocenters. The topological polar surface area (TPSA) is 57.7 Å². The van der Waals surface area contributed by atoms with E-state index in [4.69, 9.17) is 0 Å². The van der Waals surface area contributed by atoms with Gasteiger partial charge < -0.3 is 4.90 Å². The second kappa shape index (κ2) is 9.37. The van der Waals surface area contributed by atoms with Gasteiger partial charge in [0.1, 0.15) is 0 Å². The summed E-state index contributed by atoms with van der Waals surface area (Å²) in [4.78, 5) is 14.2. The minimum absolute atomic E-state index is 0.00589. The fourth-order valence-corrected chi connectivity index (χ4v) is 4.84. The molecule has 3 rings (SSSR count). The van der Waals surface area contributed by atoms with Crippen LogP contribution in [0.2, 0.25) is 0 Å². The van der Waals surface area contributed by atoms with E-state index in [2.05, 4.69) is 26.0 Å². The van der Waals surface area contributed by atoms with Crippen LogP contribution in [0.5, 0.6) is 0 Å². The molecule has 5 nitrogen and oxygen atoms in total. The van der Waals surface area contributed by atoms with E-state index in [1.807, 2.05) is 48.5 Å². The standard InChI is InChI=1S/C23H28N2O3S/c1-19(2)22-11-8-20(9-12-22)10-13-23(26)24-14-16-25(17-15-24)29(27,28)18-21-6-4-3-5-7-21/h3-13,19H,14-18H2,1-2H3. The second-order valence-corrected chi connectivity index (χ2v) is 9.59. The summed E-state index contributed by atoms with van der Waals surface area (Å²) in [5, 5.41) is 0. The monoisotopic (exact) mass is 412 g/mol. The Hall–Kier alpha value is -2.44. The Morgan fingerprint density at radius 3 is 2.17 bits per heavy atom. The van der Waals surface area contributed by atoms with Crippen LogP contribution in [0.25, 0.3) is 6.08 Å². The first-order valence-corrected chi connectivity index (χ1v) is 11.5. The molecule has 6 heteroatoms. The SMILES string of the molecule is CC(C)c1ccc(C=CC(=O)N2CCN(S(=O)(=O)Cc3ccccc3)CC2)cc1. The molecule has 1 heterocycles. The zero-order valence-corrected chi connectivity index (χ0v) is 17.8. The first-order valence-electron chi connectivity index (χ1n) is 9.94. The van der Waals surface area contributed by atoms with Gasteiger partial charge >= 0.3 is 0 Å². The molecule has 0 bridgehead atoms. The summed E-state index contributed by atoms with van der Waals surface area (Å²) < 4.78 is 26.7. The largest absolute Gasteiger partial charge is 0.337 e. The molecule has 1 aliphatic rings. The summed E-state index contributed by atoms with van der Waals surface area (Å²) in [6.45, 7) is 5.77. The van der Waals surface area contributed by atoms with E-state index in [1.54, 1.807) is 11.0 Å². The lowest BCUT2D eigenvalue weighted by Crippen LogP contribution is -2.50. The molecule has 2 aromatic carbocycles. The molecular weight excluding hydrogens is 384 g/mol. The zero-order valence-electron chi connectivity index (χ0n) is 17.0. The molecule has 2 aromatic rings. The van der Waals surface area contributed by atoms with Gasteiger partial charge in [-0.25, -0.2) is 8.42 Å². The second-order valence-electron chi connectivity index (χ2n) is 7.62. The summed E-state index contributed by atoms with van der Waals surface area (Å²) in [5.41, 5.74) is 3.02. The van der Waals surface area contributed by atoms with Gasteiger partial charge in [0.15, 0.2) is 0 Å². The van der Waals surface area contributed by atoms with Crippen LogP contribution in [0.4, 0.5) is 0 Å². The van der Waals surface area contributed by atoms with Crippen molar-refractivity contribution in [2.24, 2.45) is 0 Å². The fraction of sp³-hybridized carbons (Fsp3) is 0.348. The number of hydrogen-bond acceptors (Lipinski definition) is 3. The highest BCUT2D eigenvalue weighted by atomic mass is 32.2. The number of carbonyl (C=O) groups is 1. The molecule has 0 N–H and O–H groups in total. The molecule has 29 heavy (non-hydrogen) atoms. The van der Waals surface area contributed by atoms with Crippen molar-refractivity contribution in [1.82, 2.24) is 9.21 Å². The predicted octanol–water partition coefficient (Wildman–Crippen LogP) is 3.50. The van der Waals surface area contributed by atoms with Gasteiger partial charge in [-0.1, -0.05) is 68.4 Å². The first-order chi connectivity index (χ1) is 13.8. The van der Waals surface area contributed by atoms with Crippen molar-refractivity contribution in [3.8, 4) is 0 Å². The minimum atomic E-state index is -3.37. The lowest BCUT2D eigenvalue weighted by molar-refractivity contribution is -0.127. The number of piperazine rings is 1. The quantitative estimate of drug-likeness (QED) is 0.683. The van der Waals surface area contributed by atoms with Gasteiger partial charge in [0, 0.05) is 32.3 Å². The van der Waals surface area contributed by atoms with Crippen LogP contribution in [-0.4, -0.2) is 49.7 Å². The van der Waals surface area contributed by atoms with Gasteiger partial charge in [-0.3, -0.25) is 4.79 Å². The minimum Gasteiger partial charge on any atom is -0.337 e. The lowest BCUT2D eigenvalue weighted by atomic mass is 10.0. The van der Waals surface area contributed by atoms with Gasteiger partial charge in [0.05, 0.1) is 5.75 Å². The highest BCUT2D eigenvalue weighted by Crippen LogP contribution is 2.16. The van der Waals surface area contributed by atoms with Crippen molar-refractivity contribution >= 4 is 22.0 Å². The molecule has 0 aliphatic carbocycles. The van der Waals surface area contributed by atoms with Crippen molar-refractivity contribution in [3.05, 3.63) is 77.4 Å². The van der Waals surface area contributed by atoms with Crippen molar-refractivity contribution in [3.63, 3.8) is 0 Å². The number of benzene rings is 2. The van der Waals surface area contributed by atoms with Gasteiger partial charge in [0.25, 0.3) is 0 Å². The first kappa shape index (κ1) is 21.3. The molecule has 1 saturated heterocycles. The van der Waals surface area contributed by atoms with Crippen LogP contribution in [-0.2, 0) is 20.6 Å². The van der Waals surface area contributed by atoms with E-state index in [1.165, 1.54) is 9.87 Å². The van der Waals surface area contributed by atoms with Gasteiger partial charge in [0.2, 0.25) is 15.9 Å². The zero-order chi connectivity index (χ0) is 20.9. The van der Waals surface area contributed by atoms with E-state index in [9.17, 15) is 13.2 Å². The number of rotatable bonds is 6. The van der Waals surface area contributed by atoms with Crippen LogP contribution in [0, 0.1) is 0 Å². The Kier molecular flexibility index (Phi) is 6.87. The number of carbonyl (C=O) groups excluding carboxylic acids is 1. The molecule has 0 spiro atoms. The highest BCUT2D eigenvalue weighted by Gasteiger charge is 2.28.